The van der Waals surface area contributed by atoms with Crippen LogP contribution in [0.3, 0.4) is 0 Å². The lowest BCUT2D eigenvalue weighted by molar-refractivity contribution is -0.139. The fourth-order valence-electron chi connectivity index (χ4n) is 6.49. The highest BCUT2D eigenvalue weighted by Gasteiger charge is 2.36. The SMILES string of the molecule is CCCCCCCCCCCC[C@@H](O)[C@H](O)CCC(O)CC(O)CC(O)[C@@H]1CC[C@@H]([C@@H](O)CCC(O)CC2=CC(C)OC2=O)O1. The van der Waals surface area contributed by atoms with Crippen molar-refractivity contribution in [1.82, 2.24) is 0 Å². The summed E-state index contributed by atoms with van der Waals surface area (Å²) in [5.41, 5.74) is 0.446. The third-order valence-corrected chi connectivity index (χ3v) is 9.34. The zero-order chi connectivity index (χ0) is 33.2. The van der Waals surface area contributed by atoms with Crippen LogP contribution in [0.2, 0.25) is 0 Å². The van der Waals surface area contributed by atoms with Crippen LogP contribution in [-0.2, 0) is 14.3 Å². The number of hydrogen-bond donors (Lipinski definition) is 7. The van der Waals surface area contributed by atoms with Gasteiger partial charge in [0.05, 0.1) is 54.9 Å². The van der Waals surface area contributed by atoms with Gasteiger partial charge in [0.1, 0.15) is 6.10 Å². The van der Waals surface area contributed by atoms with Gasteiger partial charge in [0.15, 0.2) is 0 Å². The molecule has 2 aliphatic rings. The van der Waals surface area contributed by atoms with E-state index < -0.39 is 60.9 Å². The summed E-state index contributed by atoms with van der Waals surface area (Å²) in [4.78, 5) is 11.7. The van der Waals surface area contributed by atoms with Crippen molar-refractivity contribution in [2.45, 2.75) is 203 Å². The van der Waals surface area contributed by atoms with Crippen molar-refractivity contribution >= 4 is 5.97 Å². The number of rotatable bonds is 26. The minimum Gasteiger partial charge on any atom is -0.455 e. The molecule has 0 amide bonds. The molecule has 0 spiro atoms. The van der Waals surface area contributed by atoms with E-state index in [0.29, 0.717) is 24.8 Å². The molecule has 2 aliphatic heterocycles. The van der Waals surface area contributed by atoms with Crippen LogP contribution in [0.5, 0.6) is 0 Å². The Bertz CT molecular complexity index is 822. The minimum absolute atomic E-state index is 0.0107. The minimum atomic E-state index is -0.967. The molecular weight excluding hydrogens is 580 g/mol. The summed E-state index contributed by atoms with van der Waals surface area (Å²) in [5.74, 6) is -0.418. The van der Waals surface area contributed by atoms with Crippen LogP contribution in [0.15, 0.2) is 11.6 Å². The average molecular weight is 645 g/mol. The van der Waals surface area contributed by atoms with E-state index in [9.17, 15) is 40.5 Å². The normalized spacial score (nSPS) is 25.0. The van der Waals surface area contributed by atoms with E-state index >= 15 is 0 Å². The molecule has 264 valence electrons. The Morgan fingerprint density at radius 2 is 1.22 bits per heavy atom. The molecular formula is C35H64O10. The number of unbranched alkanes of at least 4 members (excludes halogenated alkanes) is 9. The first-order valence-corrected chi connectivity index (χ1v) is 17.8. The molecule has 0 saturated carbocycles. The van der Waals surface area contributed by atoms with Gasteiger partial charge in [-0.05, 0) is 64.4 Å². The summed E-state index contributed by atoms with van der Waals surface area (Å²) in [6, 6.07) is 0. The molecule has 10 nitrogen and oxygen atoms in total. The average Bonchev–Trinajstić information content (AvgIpc) is 3.61. The summed E-state index contributed by atoms with van der Waals surface area (Å²) in [6.45, 7) is 3.98. The number of carbonyl (C=O) groups is 1. The summed E-state index contributed by atoms with van der Waals surface area (Å²) in [6.07, 6.45) is 9.08. The van der Waals surface area contributed by atoms with E-state index in [2.05, 4.69) is 6.92 Å². The van der Waals surface area contributed by atoms with Crippen molar-refractivity contribution in [2.75, 3.05) is 0 Å². The Morgan fingerprint density at radius 1 is 0.667 bits per heavy atom. The van der Waals surface area contributed by atoms with E-state index in [4.69, 9.17) is 9.47 Å². The van der Waals surface area contributed by atoms with E-state index in [1.165, 1.54) is 44.9 Å². The van der Waals surface area contributed by atoms with Gasteiger partial charge in [-0.15, -0.1) is 0 Å². The smallest absolute Gasteiger partial charge is 0.334 e. The number of esters is 1. The second kappa shape index (κ2) is 22.5. The molecule has 0 aromatic rings. The quantitative estimate of drug-likeness (QED) is 0.0539. The second-order valence-electron chi connectivity index (χ2n) is 13.6. The van der Waals surface area contributed by atoms with Gasteiger partial charge in [-0.1, -0.05) is 71.1 Å². The number of ether oxygens (including phenoxy) is 2. The third kappa shape index (κ3) is 16.5. The predicted octanol–water partition coefficient (Wildman–Crippen LogP) is 3.97. The van der Waals surface area contributed by atoms with Gasteiger partial charge in [-0.2, -0.15) is 0 Å². The molecule has 10 atom stereocenters. The summed E-state index contributed by atoms with van der Waals surface area (Å²) < 4.78 is 10.9. The number of cyclic esters (lactones) is 1. The van der Waals surface area contributed by atoms with Crippen molar-refractivity contribution in [3.8, 4) is 0 Å². The van der Waals surface area contributed by atoms with Gasteiger partial charge in [0.2, 0.25) is 0 Å². The summed E-state index contributed by atoms with van der Waals surface area (Å²) >= 11 is 0. The van der Waals surface area contributed by atoms with Crippen LogP contribution in [0.1, 0.15) is 142 Å². The number of aliphatic hydroxyl groups excluding tert-OH is 7. The first kappa shape index (κ1) is 40.1. The van der Waals surface area contributed by atoms with Crippen LogP contribution in [0.25, 0.3) is 0 Å². The van der Waals surface area contributed by atoms with E-state index in [1.54, 1.807) is 13.0 Å². The Hall–Kier alpha value is -1.11. The van der Waals surface area contributed by atoms with Crippen molar-refractivity contribution < 1.29 is 50.0 Å². The van der Waals surface area contributed by atoms with Crippen molar-refractivity contribution in [3.05, 3.63) is 11.6 Å². The fraction of sp³-hybridized carbons (Fsp3) is 0.914. The van der Waals surface area contributed by atoms with Crippen LogP contribution in [0, 0.1) is 0 Å². The zero-order valence-electron chi connectivity index (χ0n) is 27.8. The first-order valence-electron chi connectivity index (χ1n) is 17.8. The van der Waals surface area contributed by atoms with Crippen LogP contribution < -0.4 is 0 Å². The molecule has 0 aromatic heterocycles. The number of aliphatic hydroxyl groups is 7. The number of hydrogen-bond acceptors (Lipinski definition) is 10. The van der Waals surface area contributed by atoms with Gasteiger partial charge >= 0.3 is 5.97 Å². The zero-order valence-corrected chi connectivity index (χ0v) is 27.8. The Balaban J connectivity index is 1.54. The molecule has 1 fully saturated rings. The molecule has 0 bridgehead atoms. The standard InChI is InChI=1S/C35H64O10/c1-3-4-5-6-7-8-9-10-11-12-13-29(39)30(40)16-14-27(37)22-28(38)23-32(42)34-19-18-33(45-34)31(41)17-15-26(36)21-25-20-24(2)44-35(25)43/h20,24,26-34,36-42H,3-19,21-23H2,1-2H3/t24?,26?,27?,28?,29-,30-,31+,32?,33+,34+/m1/s1. The summed E-state index contributed by atoms with van der Waals surface area (Å²) in [5, 5.41) is 72.9. The van der Waals surface area contributed by atoms with Crippen LogP contribution in [-0.4, -0.2) is 103 Å². The lowest BCUT2D eigenvalue weighted by Gasteiger charge is -2.25. The molecule has 45 heavy (non-hydrogen) atoms. The topological polar surface area (TPSA) is 177 Å². The molecule has 5 unspecified atom stereocenters. The fourth-order valence-corrected chi connectivity index (χ4v) is 6.49. The Kier molecular flexibility index (Phi) is 20.0. The predicted molar refractivity (Wildman–Crippen MR) is 172 cm³/mol. The highest BCUT2D eigenvalue weighted by molar-refractivity contribution is 5.90. The highest BCUT2D eigenvalue weighted by atomic mass is 16.5. The lowest BCUT2D eigenvalue weighted by Crippen LogP contribution is -2.34. The van der Waals surface area contributed by atoms with Crippen LogP contribution >= 0.6 is 0 Å². The third-order valence-electron chi connectivity index (χ3n) is 9.34. The van der Waals surface area contributed by atoms with E-state index in [-0.39, 0.29) is 51.0 Å². The Labute approximate surface area is 270 Å². The highest BCUT2D eigenvalue weighted by Crippen LogP contribution is 2.29. The molecule has 2 heterocycles. The van der Waals surface area contributed by atoms with Gasteiger partial charge in [-0.3, -0.25) is 0 Å². The maximum Gasteiger partial charge on any atom is 0.334 e. The van der Waals surface area contributed by atoms with Crippen molar-refractivity contribution in [2.24, 2.45) is 0 Å². The van der Waals surface area contributed by atoms with Gasteiger partial charge < -0.3 is 45.2 Å². The largest absolute Gasteiger partial charge is 0.455 e. The molecule has 0 radical (unpaired) electrons. The molecule has 1 saturated heterocycles. The van der Waals surface area contributed by atoms with E-state index in [0.717, 1.165) is 19.3 Å². The van der Waals surface area contributed by atoms with Crippen LogP contribution in [0.4, 0.5) is 0 Å². The molecule has 7 N–H and O–H groups in total. The summed E-state index contributed by atoms with van der Waals surface area (Å²) in [7, 11) is 0. The van der Waals surface area contributed by atoms with Crippen molar-refractivity contribution in [3.63, 3.8) is 0 Å². The molecule has 0 aliphatic carbocycles. The maximum atomic E-state index is 11.7. The molecule has 2 rings (SSSR count). The maximum absolute atomic E-state index is 11.7. The van der Waals surface area contributed by atoms with Crippen molar-refractivity contribution in [1.29, 1.82) is 0 Å². The van der Waals surface area contributed by atoms with Gasteiger partial charge in [0.25, 0.3) is 0 Å². The van der Waals surface area contributed by atoms with Gasteiger partial charge in [-0.25, -0.2) is 4.79 Å². The van der Waals surface area contributed by atoms with Gasteiger partial charge in [0, 0.05) is 18.4 Å². The monoisotopic (exact) mass is 644 g/mol. The molecule has 10 heteroatoms. The van der Waals surface area contributed by atoms with E-state index in [1.807, 2.05) is 0 Å². The molecule has 0 aromatic carbocycles. The number of carbonyl (C=O) groups excluding carboxylic acids is 1. The second-order valence-corrected chi connectivity index (χ2v) is 13.6. The first-order chi connectivity index (χ1) is 21.5. The Morgan fingerprint density at radius 3 is 1.82 bits per heavy atom. The lowest BCUT2D eigenvalue weighted by atomic mass is 9.96.